The number of hydrogen-bond donors (Lipinski definition) is 1. The van der Waals surface area contributed by atoms with Crippen LogP contribution < -0.4 is 4.90 Å². The topological polar surface area (TPSA) is 43.8 Å². The minimum Gasteiger partial charge on any atom is -0.393 e. The predicted molar refractivity (Wildman–Crippen MR) is 105 cm³/mol. The van der Waals surface area contributed by atoms with Gasteiger partial charge in [-0.3, -0.25) is 4.79 Å². The highest BCUT2D eigenvalue weighted by atomic mass is 35.5. The van der Waals surface area contributed by atoms with Gasteiger partial charge in [0.05, 0.1) is 22.2 Å². The summed E-state index contributed by atoms with van der Waals surface area (Å²) in [7, 11) is 0. The van der Waals surface area contributed by atoms with Crippen molar-refractivity contribution in [3.8, 4) is 0 Å². The lowest BCUT2D eigenvalue weighted by molar-refractivity contribution is -0.139. The van der Waals surface area contributed by atoms with Crippen LogP contribution in [-0.4, -0.2) is 47.7 Å². The van der Waals surface area contributed by atoms with Crippen molar-refractivity contribution in [1.82, 2.24) is 4.90 Å². The molecule has 4 nitrogen and oxygen atoms in total. The fourth-order valence-corrected chi connectivity index (χ4v) is 5.50. The van der Waals surface area contributed by atoms with E-state index < -0.39 is 0 Å². The summed E-state index contributed by atoms with van der Waals surface area (Å²) in [6.45, 7) is 4.66. The first kappa shape index (κ1) is 18.1. The van der Waals surface area contributed by atoms with Gasteiger partial charge in [0.1, 0.15) is 0 Å². The van der Waals surface area contributed by atoms with Crippen LogP contribution in [0, 0.1) is 12.3 Å². The first-order chi connectivity index (χ1) is 12.5. The number of carbonyl (C=O) groups excluding carboxylic acids is 1. The summed E-state index contributed by atoms with van der Waals surface area (Å²) >= 11 is 6.50. The van der Waals surface area contributed by atoms with Gasteiger partial charge >= 0.3 is 0 Å². The van der Waals surface area contributed by atoms with E-state index >= 15 is 0 Å². The molecule has 2 saturated heterocycles. The third-order valence-corrected chi connectivity index (χ3v) is 6.98. The number of aryl methyl sites for hydroxylation is 1. The zero-order chi connectivity index (χ0) is 18.3. The number of anilines is 1. The van der Waals surface area contributed by atoms with Gasteiger partial charge in [-0.2, -0.15) is 0 Å². The lowest BCUT2D eigenvalue weighted by Gasteiger charge is -2.41. The average molecular weight is 377 g/mol. The molecule has 3 aliphatic rings. The molecule has 5 heteroatoms. The van der Waals surface area contributed by atoms with Gasteiger partial charge in [-0.15, -0.1) is 0 Å². The molecule has 0 aromatic heterocycles. The Hall–Kier alpha value is -1.26. The van der Waals surface area contributed by atoms with Crippen LogP contribution in [0.4, 0.5) is 5.69 Å². The molecule has 3 fully saturated rings. The second-order valence-corrected chi connectivity index (χ2v) is 8.88. The number of likely N-dealkylation sites (tertiary alicyclic amines) is 1. The number of rotatable bonds is 2. The van der Waals surface area contributed by atoms with Gasteiger partial charge in [0.2, 0.25) is 5.91 Å². The number of hydrogen-bond acceptors (Lipinski definition) is 3. The van der Waals surface area contributed by atoms with Crippen molar-refractivity contribution in [3.05, 3.63) is 28.8 Å². The van der Waals surface area contributed by atoms with E-state index in [2.05, 4.69) is 21.9 Å². The SMILES string of the molecule is Cc1ccc(N2CCCC3(CCN(C4CCC(O)CC4)C3=O)C2)c(Cl)c1. The molecular weight excluding hydrogens is 348 g/mol. The van der Waals surface area contributed by atoms with E-state index in [-0.39, 0.29) is 11.5 Å². The van der Waals surface area contributed by atoms with Gasteiger partial charge in [-0.1, -0.05) is 17.7 Å². The Morgan fingerprint density at radius 2 is 1.92 bits per heavy atom. The molecule has 1 aromatic rings. The zero-order valence-corrected chi connectivity index (χ0v) is 16.3. The van der Waals surface area contributed by atoms with Gasteiger partial charge in [-0.25, -0.2) is 0 Å². The van der Waals surface area contributed by atoms with E-state index in [0.717, 1.165) is 80.9 Å². The summed E-state index contributed by atoms with van der Waals surface area (Å²) in [4.78, 5) is 17.8. The highest BCUT2D eigenvalue weighted by molar-refractivity contribution is 6.33. The van der Waals surface area contributed by atoms with Crippen molar-refractivity contribution in [1.29, 1.82) is 0 Å². The second kappa shape index (κ2) is 7.05. The Balaban J connectivity index is 1.50. The monoisotopic (exact) mass is 376 g/mol. The molecule has 1 N–H and O–H groups in total. The standard InChI is InChI=1S/C21H29ClN2O2/c1-15-3-8-19(18(22)13-15)23-11-2-9-21(14-23)10-12-24(20(21)26)16-4-6-17(25)7-5-16/h3,8,13,16-17,25H,2,4-7,9-12,14H2,1H3. The van der Waals surface area contributed by atoms with Crippen molar-refractivity contribution in [2.45, 2.75) is 64.0 Å². The van der Waals surface area contributed by atoms with Crippen LogP contribution in [0.5, 0.6) is 0 Å². The normalized spacial score (nSPS) is 32.5. The summed E-state index contributed by atoms with van der Waals surface area (Å²) < 4.78 is 0. The molecular formula is C21H29ClN2O2. The molecule has 1 amide bonds. The summed E-state index contributed by atoms with van der Waals surface area (Å²) in [6.07, 6.45) is 6.33. The summed E-state index contributed by atoms with van der Waals surface area (Å²) in [5.74, 6) is 0.340. The first-order valence-corrected chi connectivity index (χ1v) is 10.4. The van der Waals surface area contributed by atoms with E-state index in [1.165, 1.54) is 0 Å². The van der Waals surface area contributed by atoms with E-state index in [4.69, 9.17) is 11.6 Å². The molecule has 1 spiro atoms. The van der Waals surface area contributed by atoms with Crippen molar-refractivity contribution in [2.75, 3.05) is 24.5 Å². The lowest BCUT2D eigenvalue weighted by Crippen LogP contribution is -2.50. The molecule has 2 heterocycles. The van der Waals surface area contributed by atoms with Gasteiger partial charge < -0.3 is 14.9 Å². The molecule has 142 valence electrons. The maximum Gasteiger partial charge on any atom is 0.230 e. The van der Waals surface area contributed by atoms with Crippen LogP contribution in [0.1, 0.15) is 50.5 Å². The predicted octanol–water partition coefficient (Wildman–Crippen LogP) is 3.77. The van der Waals surface area contributed by atoms with Crippen LogP contribution in [0.15, 0.2) is 18.2 Å². The van der Waals surface area contributed by atoms with Crippen LogP contribution in [0.2, 0.25) is 5.02 Å². The Morgan fingerprint density at radius 1 is 1.15 bits per heavy atom. The van der Waals surface area contributed by atoms with E-state index in [9.17, 15) is 9.90 Å². The Bertz CT molecular complexity index is 687. The molecule has 2 aliphatic heterocycles. The second-order valence-electron chi connectivity index (χ2n) is 8.47. The molecule has 1 aromatic carbocycles. The third kappa shape index (κ3) is 3.22. The fraction of sp³-hybridized carbons (Fsp3) is 0.667. The largest absolute Gasteiger partial charge is 0.393 e. The average Bonchev–Trinajstić information content (AvgIpc) is 2.92. The maximum atomic E-state index is 13.4. The van der Waals surface area contributed by atoms with Crippen molar-refractivity contribution < 1.29 is 9.90 Å². The molecule has 0 bridgehead atoms. The van der Waals surface area contributed by atoms with Crippen LogP contribution in [-0.2, 0) is 4.79 Å². The highest BCUT2D eigenvalue weighted by Gasteiger charge is 2.50. The molecule has 26 heavy (non-hydrogen) atoms. The molecule has 1 aliphatic carbocycles. The van der Waals surface area contributed by atoms with Crippen molar-refractivity contribution >= 4 is 23.2 Å². The molecule has 1 unspecified atom stereocenters. The smallest absolute Gasteiger partial charge is 0.230 e. The number of aliphatic hydroxyl groups excluding tert-OH is 1. The zero-order valence-electron chi connectivity index (χ0n) is 15.6. The van der Waals surface area contributed by atoms with Gasteiger partial charge in [0.15, 0.2) is 0 Å². The van der Waals surface area contributed by atoms with Crippen molar-refractivity contribution in [3.63, 3.8) is 0 Å². The quantitative estimate of drug-likeness (QED) is 0.854. The maximum absolute atomic E-state index is 13.4. The van der Waals surface area contributed by atoms with Gasteiger partial charge in [-0.05, 0) is 69.6 Å². The number of aliphatic hydroxyl groups is 1. The number of amides is 1. The van der Waals surface area contributed by atoms with Crippen molar-refractivity contribution in [2.24, 2.45) is 5.41 Å². The number of nitrogens with zero attached hydrogens (tertiary/aromatic N) is 2. The molecule has 4 rings (SSSR count). The summed E-state index contributed by atoms with van der Waals surface area (Å²) in [5, 5.41) is 10.5. The lowest BCUT2D eigenvalue weighted by atomic mass is 9.78. The molecule has 0 radical (unpaired) electrons. The fourth-order valence-electron chi connectivity index (χ4n) is 5.15. The third-order valence-electron chi connectivity index (χ3n) is 6.67. The first-order valence-electron chi connectivity index (χ1n) is 9.99. The Kier molecular flexibility index (Phi) is 4.91. The number of halogens is 1. The summed E-state index contributed by atoms with van der Waals surface area (Å²) in [5.41, 5.74) is 1.97. The van der Waals surface area contributed by atoms with Crippen LogP contribution in [0.3, 0.4) is 0 Å². The Morgan fingerprint density at radius 3 is 2.65 bits per heavy atom. The highest BCUT2D eigenvalue weighted by Crippen LogP contribution is 2.44. The molecule has 1 saturated carbocycles. The van der Waals surface area contributed by atoms with E-state index in [1.807, 2.05) is 13.0 Å². The minimum absolute atomic E-state index is 0.174. The summed E-state index contributed by atoms with van der Waals surface area (Å²) in [6, 6.07) is 6.52. The van der Waals surface area contributed by atoms with Crippen LogP contribution in [0.25, 0.3) is 0 Å². The van der Waals surface area contributed by atoms with Gasteiger partial charge in [0.25, 0.3) is 0 Å². The molecule has 1 atom stereocenters. The minimum atomic E-state index is -0.247. The number of carbonyl (C=O) groups is 1. The van der Waals surface area contributed by atoms with E-state index in [0.29, 0.717) is 11.9 Å². The van der Waals surface area contributed by atoms with E-state index in [1.54, 1.807) is 0 Å². The Labute approximate surface area is 161 Å². The van der Waals surface area contributed by atoms with Gasteiger partial charge in [0, 0.05) is 25.7 Å². The van der Waals surface area contributed by atoms with Crippen LogP contribution >= 0.6 is 11.6 Å². The number of piperidine rings is 1. The number of benzene rings is 1.